The molecule has 1 aliphatic carbocycles. The normalized spacial score (nSPS) is 16.8. The quantitative estimate of drug-likeness (QED) is 0.514. The van der Waals surface area contributed by atoms with Crippen molar-refractivity contribution in [2.24, 2.45) is 0 Å². The lowest BCUT2D eigenvalue weighted by atomic mass is 9.67. The average Bonchev–Trinajstić information content (AvgIpc) is 2.85. The molecule has 0 heterocycles. The highest BCUT2D eigenvalue weighted by Gasteiger charge is 2.87. The highest BCUT2D eigenvalue weighted by atomic mass is 19.4. The number of hydrogen-bond donors (Lipinski definition) is 0. The highest BCUT2D eigenvalue weighted by Crippen LogP contribution is 2.68. The topological polar surface area (TPSA) is 0 Å². The molecule has 0 spiro atoms. The Kier molecular flexibility index (Phi) is 3.89. The van der Waals surface area contributed by atoms with Gasteiger partial charge in [0.2, 0.25) is 0 Å². The van der Waals surface area contributed by atoms with Gasteiger partial charge in [-0.2, -0.15) is 43.9 Å². The molecule has 0 saturated carbocycles. The van der Waals surface area contributed by atoms with Crippen LogP contribution in [0.15, 0.2) is 48.5 Å². The molecular weight excluding hydrogens is 394 g/mol. The molecule has 0 bridgehead atoms. The standard InChI is InChI=1S/C17H8F10/c18-14(19,16(22,23)24)13(15(20,21)17(25,26)27)11-7-3-1-5-9(11)10-6-2-4-8-12(10)13/h1-8H. The Balaban J connectivity index is 2.58. The van der Waals surface area contributed by atoms with Crippen LogP contribution >= 0.6 is 0 Å². The summed E-state index contributed by atoms with van der Waals surface area (Å²) in [4.78, 5) is 0. The molecule has 0 radical (unpaired) electrons. The second-order valence-electron chi connectivity index (χ2n) is 5.99. The molecule has 0 aliphatic heterocycles. The number of halogens is 10. The van der Waals surface area contributed by atoms with Gasteiger partial charge in [-0.05, 0) is 22.3 Å². The monoisotopic (exact) mass is 402 g/mol. The van der Waals surface area contributed by atoms with Crippen molar-refractivity contribution < 1.29 is 43.9 Å². The van der Waals surface area contributed by atoms with Gasteiger partial charge in [0.15, 0.2) is 5.41 Å². The number of hydrogen-bond acceptors (Lipinski definition) is 0. The summed E-state index contributed by atoms with van der Waals surface area (Å²) in [6.07, 6.45) is -13.3. The molecule has 27 heavy (non-hydrogen) atoms. The van der Waals surface area contributed by atoms with Gasteiger partial charge in [0.25, 0.3) is 0 Å². The maximum Gasteiger partial charge on any atom is 0.454 e. The Morgan fingerprint density at radius 1 is 0.481 bits per heavy atom. The van der Waals surface area contributed by atoms with Crippen LogP contribution in [0, 0.1) is 0 Å². The van der Waals surface area contributed by atoms with Crippen molar-refractivity contribution in [1.82, 2.24) is 0 Å². The Morgan fingerprint density at radius 3 is 1.07 bits per heavy atom. The molecule has 0 saturated heterocycles. The molecular formula is C17H8F10. The van der Waals surface area contributed by atoms with E-state index in [9.17, 15) is 43.9 Å². The first kappa shape index (κ1) is 19.5. The van der Waals surface area contributed by atoms with Crippen LogP contribution in [0.4, 0.5) is 43.9 Å². The van der Waals surface area contributed by atoms with Crippen LogP contribution in [0.3, 0.4) is 0 Å². The maximum atomic E-state index is 14.6. The second kappa shape index (κ2) is 5.39. The lowest BCUT2D eigenvalue weighted by Crippen LogP contribution is -2.67. The molecule has 0 amide bonds. The first-order chi connectivity index (χ1) is 12.2. The van der Waals surface area contributed by atoms with Crippen molar-refractivity contribution in [1.29, 1.82) is 0 Å². The molecule has 0 aromatic heterocycles. The second-order valence-corrected chi connectivity index (χ2v) is 5.99. The van der Waals surface area contributed by atoms with Crippen LogP contribution in [0.5, 0.6) is 0 Å². The van der Waals surface area contributed by atoms with Gasteiger partial charge in [0, 0.05) is 0 Å². The number of alkyl halides is 10. The van der Waals surface area contributed by atoms with E-state index in [0.29, 0.717) is 12.1 Å². The summed E-state index contributed by atoms with van der Waals surface area (Å²) in [5, 5.41) is 0. The number of rotatable bonds is 2. The van der Waals surface area contributed by atoms with Gasteiger partial charge < -0.3 is 0 Å². The molecule has 0 unspecified atom stereocenters. The summed E-state index contributed by atoms with van der Waals surface area (Å²) >= 11 is 0. The fourth-order valence-corrected chi connectivity index (χ4v) is 3.53. The van der Waals surface area contributed by atoms with Gasteiger partial charge in [-0.25, -0.2) is 0 Å². The smallest absolute Gasteiger partial charge is 0.195 e. The van der Waals surface area contributed by atoms with Gasteiger partial charge >= 0.3 is 24.2 Å². The molecule has 0 fully saturated rings. The van der Waals surface area contributed by atoms with Crippen molar-refractivity contribution in [3.63, 3.8) is 0 Å². The summed E-state index contributed by atoms with van der Waals surface area (Å²) in [6, 6.07) is 6.68. The molecule has 1 aliphatic rings. The Morgan fingerprint density at radius 2 is 0.778 bits per heavy atom. The summed E-state index contributed by atoms with van der Waals surface area (Å²) in [5.74, 6) is -12.9. The minimum atomic E-state index is -6.67. The SMILES string of the molecule is FC(F)(F)C(F)(F)C1(C(F)(F)C(F)(F)F)c2ccccc2-c2ccccc21. The van der Waals surface area contributed by atoms with E-state index in [2.05, 4.69) is 0 Å². The van der Waals surface area contributed by atoms with E-state index < -0.39 is 51.9 Å². The molecule has 3 rings (SSSR count). The third-order valence-electron chi connectivity index (χ3n) is 4.61. The van der Waals surface area contributed by atoms with E-state index in [-0.39, 0.29) is 0 Å². The minimum Gasteiger partial charge on any atom is -0.195 e. The van der Waals surface area contributed by atoms with Crippen molar-refractivity contribution in [3.8, 4) is 11.1 Å². The Bertz CT molecular complexity index is 802. The Hall–Kier alpha value is -2.26. The van der Waals surface area contributed by atoms with Gasteiger partial charge in [0.1, 0.15) is 0 Å². The number of fused-ring (bicyclic) bond motifs is 3. The number of benzene rings is 2. The molecule has 10 heteroatoms. The van der Waals surface area contributed by atoms with Crippen LogP contribution in [0.1, 0.15) is 11.1 Å². The largest absolute Gasteiger partial charge is 0.454 e. The lowest BCUT2D eigenvalue weighted by Gasteiger charge is -2.44. The zero-order valence-electron chi connectivity index (χ0n) is 12.9. The highest BCUT2D eigenvalue weighted by molar-refractivity contribution is 5.82. The molecule has 2 aromatic carbocycles. The van der Waals surface area contributed by atoms with E-state index in [4.69, 9.17) is 0 Å². The average molecular weight is 402 g/mol. The molecule has 0 atom stereocenters. The molecule has 0 N–H and O–H groups in total. The fourth-order valence-electron chi connectivity index (χ4n) is 3.53. The van der Waals surface area contributed by atoms with Crippen LogP contribution in [0.2, 0.25) is 0 Å². The zero-order valence-corrected chi connectivity index (χ0v) is 12.9. The van der Waals surface area contributed by atoms with Crippen LogP contribution in [-0.2, 0) is 5.41 Å². The third kappa shape index (κ3) is 2.18. The molecule has 0 nitrogen and oxygen atoms in total. The van der Waals surface area contributed by atoms with Gasteiger partial charge in [-0.15, -0.1) is 0 Å². The maximum absolute atomic E-state index is 14.6. The summed E-state index contributed by atoms with van der Waals surface area (Å²) in [6.45, 7) is 0. The molecule has 146 valence electrons. The van der Waals surface area contributed by atoms with Gasteiger partial charge in [-0.3, -0.25) is 0 Å². The minimum absolute atomic E-state index is 0.439. The van der Waals surface area contributed by atoms with E-state index in [1.165, 1.54) is 0 Å². The van der Waals surface area contributed by atoms with E-state index in [0.717, 1.165) is 36.4 Å². The van der Waals surface area contributed by atoms with E-state index >= 15 is 0 Å². The van der Waals surface area contributed by atoms with Crippen LogP contribution in [0.25, 0.3) is 11.1 Å². The third-order valence-corrected chi connectivity index (χ3v) is 4.61. The van der Waals surface area contributed by atoms with E-state index in [1.807, 2.05) is 0 Å². The van der Waals surface area contributed by atoms with Crippen LogP contribution in [-0.4, -0.2) is 24.2 Å². The van der Waals surface area contributed by atoms with Crippen molar-refractivity contribution >= 4 is 0 Å². The predicted molar refractivity (Wildman–Crippen MR) is 74.7 cm³/mol. The predicted octanol–water partition coefficient (Wildman–Crippen LogP) is 6.35. The van der Waals surface area contributed by atoms with E-state index in [1.54, 1.807) is 0 Å². The zero-order chi connectivity index (χ0) is 20.5. The van der Waals surface area contributed by atoms with Crippen LogP contribution < -0.4 is 0 Å². The first-order valence-corrected chi connectivity index (χ1v) is 7.29. The van der Waals surface area contributed by atoms with Crippen molar-refractivity contribution in [2.75, 3.05) is 0 Å². The summed E-state index contributed by atoms with van der Waals surface area (Å²) < 4.78 is 137. The fraction of sp³-hybridized carbons (Fsp3) is 0.294. The Labute approximate surface area is 145 Å². The molecule has 2 aromatic rings. The van der Waals surface area contributed by atoms with Gasteiger partial charge in [0.05, 0.1) is 0 Å². The summed E-state index contributed by atoms with van der Waals surface area (Å²) in [5.41, 5.74) is -8.95. The summed E-state index contributed by atoms with van der Waals surface area (Å²) in [7, 11) is 0. The van der Waals surface area contributed by atoms with Gasteiger partial charge in [-0.1, -0.05) is 48.5 Å². The first-order valence-electron chi connectivity index (χ1n) is 7.29. The lowest BCUT2D eigenvalue weighted by molar-refractivity contribution is -0.374. The van der Waals surface area contributed by atoms with Crippen molar-refractivity contribution in [3.05, 3.63) is 59.7 Å². The van der Waals surface area contributed by atoms with Crippen molar-refractivity contribution in [2.45, 2.75) is 29.6 Å².